The number of ketones is 1. The minimum absolute atomic E-state index is 0.0559. The monoisotopic (exact) mass is 367 g/mol. The van der Waals surface area contributed by atoms with Gasteiger partial charge >= 0.3 is 0 Å². The average molecular weight is 368 g/mol. The van der Waals surface area contributed by atoms with Crippen LogP contribution in [0, 0.1) is 0 Å². The van der Waals surface area contributed by atoms with E-state index < -0.39 is 10.0 Å². The number of rotatable bonds is 8. The van der Waals surface area contributed by atoms with Crippen molar-refractivity contribution in [2.24, 2.45) is 0 Å². The van der Waals surface area contributed by atoms with E-state index in [4.69, 9.17) is 16.3 Å². The van der Waals surface area contributed by atoms with E-state index in [1.165, 1.54) is 30.3 Å². The fourth-order valence-electron chi connectivity index (χ4n) is 2.11. The lowest BCUT2D eigenvalue weighted by molar-refractivity contribution is 0.0963. The van der Waals surface area contributed by atoms with Gasteiger partial charge in [0.25, 0.3) is 10.0 Å². The predicted octanol–water partition coefficient (Wildman–Crippen LogP) is 3.75. The van der Waals surface area contributed by atoms with Gasteiger partial charge in [0, 0.05) is 36.4 Å². The highest BCUT2D eigenvalue weighted by Crippen LogP contribution is 2.19. The molecule has 128 valence electrons. The number of methoxy groups -OCH3 is 1. The lowest BCUT2D eigenvalue weighted by Crippen LogP contribution is -2.13. The Morgan fingerprint density at radius 1 is 1.17 bits per heavy atom. The normalized spacial score (nSPS) is 11.2. The summed E-state index contributed by atoms with van der Waals surface area (Å²) in [6.45, 7) is 0.509. The molecule has 0 atom stereocenters. The zero-order valence-corrected chi connectivity index (χ0v) is 14.7. The highest BCUT2D eigenvalue weighted by Gasteiger charge is 2.15. The molecule has 1 N–H and O–H groups in total. The highest BCUT2D eigenvalue weighted by atomic mass is 35.5. The third-order valence-corrected chi connectivity index (χ3v) is 4.96. The molecule has 0 saturated heterocycles. The van der Waals surface area contributed by atoms with Gasteiger partial charge in [0.2, 0.25) is 0 Å². The van der Waals surface area contributed by atoms with Crippen molar-refractivity contribution in [1.82, 2.24) is 0 Å². The molecule has 0 heterocycles. The van der Waals surface area contributed by atoms with Crippen LogP contribution in [0.15, 0.2) is 53.4 Å². The molecular formula is C17H18ClNO4S. The van der Waals surface area contributed by atoms with Crippen LogP contribution in [0.4, 0.5) is 5.69 Å². The molecule has 24 heavy (non-hydrogen) atoms. The maximum atomic E-state index is 12.3. The van der Waals surface area contributed by atoms with Crippen LogP contribution in [0.3, 0.4) is 0 Å². The Balaban J connectivity index is 2.14. The first-order valence-electron chi connectivity index (χ1n) is 7.33. The predicted molar refractivity (Wildman–Crippen MR) is 94.1 cm³/mol. The maximum absolute atomic E-state index is 12.3. The Morgan fingerprint density at radius 2 is 1.88 bits per heavy atom. The van der Waals surface area contributed by atoms with Crippen molar-refractivity contribution >= 4 is 33.1 Å². The van der Waals surface area contributed by atoms with Crippen LogP contribution in [-0.2, 0) is 14.8 Å². The number of benzene rings is 2. The van der Waals surface area contributed by atoms with Gasteiger partial charge in [-0.05, 0) is 42.8 Å². The van der Waals surface area contributed by atoms with Crippen molar-refractivity contribution in [3.63, 3.8) is 0 Å². The number of sulfonamides is 1. The second-order valence-corrected chi connectivity index (χ2v) is 7.28. The summed E-state index contributed by atoms with van der Waals surface area (Å²) in [5.74, 6) is -0.0559. The van der Waals surface area contributed by atoms with Crippen LogP contribution in [0.1, 0.15) is 23.2 Å². The molecule has 0 spiro atoms. The van der Waals surface area contributed by atoms with Crippen LogP contribution in [-0.4, -0.2) is 27.9 Å². The molecule has 2 aromatic rings. The number of hydrogen-bond donors (Lipinski definition) is 1. The number of anilines is 1. The number of halogens is 1. The van der Waals surface area contributed by atoms with E-state index in [9.17, 15) is 13.2 Å². The van der Waals surface area contributed by atoms with E-state index >= 15 is 0 Å². The van der Waals surface area contributed by atoms with Gasteiger partial charge in [-0.3, -0.25) is 9.52 Å². The Labute approximate surface area is 146 Å². The Bertz CT molecular complexity index is 804. The number of nitrogens with one attached hydrogen (secondary N) is 1. The largest absolute Gasteiger partial charge is 0.385 e. The fraction of sp³-hybridized carbons (Fsp3) is 0.235. The van der Waals surface area contributed by atoms with E-state index in [0.717, 1.165) is 0 Å². The minimum atomic E-state index is -3.73. The Hall–Kier alpha value is -1.89. The molecule has 0 fully saturated rings. The summed E-state index contributed by atoms with van der Waals surface area (Å²) in [7, 11) is -2.15. The summed E-state index contributed by atoms with van der Waals surface area (Å²) in [5.41, 5.74) is 0.796. The lowest BCUT2D eigenvalue weighted by atomic mass is 10.1. The molecule has 0 amide bonds. The Kier molecular flexibility index (Phi) is 6.36. The summed E-state index contributed by atoms with van der Waals surface area (Å²) < 4.78 is 32.1. The zero-order chi connectivity index (χ0) is 17.6. The molecule has 0 radical (unpaired) electrons. The van der Waals surface area contributed by atoms with E-state index in [1.807, 2.05) is 0 Å². The van der Waals surface area contributed by atoms with E-state index in [1.54, 1.807) is 25.3 Å². The van der Waals surface area contributed by atoms with Crippen molar-refractivity contribution in [1.29, 1.82) is 0 Å². The molecule has 7 heteroatoms. The second-order valence-electron chi connectivity index (χ2n) is 5.16. The molecule has 0 aromatic heterocycles. The fourth-order valence-corrected chi connectivity index (χ4v) is 3.28. The first-order valence-corrected chi connectivity index (χ1v) is 9.19. The first-order chi connectivity index (χ1) is 11.4. The first kappa shape index (κ1) is 18.4. The lowest BCUT2D eigenvalue weighted by Gasteiger charge is -2.09. The van der Waals surface area contributed by atoms with Gasteiger partial charge < -0.3 is 4.74 Å². The summed E-state index contributed by atoms with van der Waals surface area (Å²) in [4.78, 5) is 12.2. The maximum Gasteiger partial charge on any atom is 0.261 e. The molecule has 2 rings (SSSR count). The van der Waals surface area contributed by atoms with Gasteiger partial charge in [-0.1, -0.05) is 23.7 Å². The van der Waals surface area contributed by atoms with Crippen LogP contribution >= 0.6 is 11.6 Å². The number of Topliss-reactive ketones (excluding diaryl/α,β-unsaturated/α-hetero) is 1. The Morgan fingerprint density at radius 3 is 2.54 bits per heavy atom. The van der Waals surface area contributed by atoms with Crippen LogP contribution in [0.5, 0.6) is 0 Å². The molecule has 2 aromatic carbocycles. The summed E-state index contributed by atoms with van der Waals surface area (Å²) >= 11 is 5.77. The molecular weight excluding hydrogens is 350 g/mol. The van der Waals surface area contributed by atoms with Gasteiger partial charge in [0.1, 0.15) is 0 Å². The SMILES string of the molecule is COCCCC(=O)c1cccc(NS(=O)(=O)c2ccc(Cl)cc2)c1. The van der Waals surface area contributed by atoms with Crippen molar-refractivity contribution < 1.29 is 17.9 Å². The van der Waals surface area contributed by atoms with Gasteiger partial charge in [0.15, 0.2) is 5.78 Å². The van der Waals surface area contributed by atoms with E-state index in [0.29, 0.717) is 35.7 Å². The number of carbonyl (C=O) groups excluding carboxylic acids is 1. The van der Waals surface area contributed by atoms with Crippen molar-refractivity contribution in [3.05, 3.63) is 59.1 Å². The molecule has 5 nitrogen and oxygen atoms in total. The molecule has 0 aliphatic heterocycles. The van der Waals surface area contributed by atoms with Crippen molar-refractivity contribution in [3.8, 4) is 0 Å². The van der Waals surface area contributed by atoms with Gasteiger partial charge in [0.05, 0.1) is 4.90 Å². The standard InChI is InChI=1S/C17H18ClNO4S/c1-23-11-3-6-17(20)13-4-2-5-15(12-13)19-24(21,22)16-9-7-14(18)8-10-16/h2,4-5,7-10,12,19H,3,6,11H2,1H3. The zero-order valence-electron chi connectivity index (χ0n) is 13.2. The molecule has 0 aliphatic carbocycles. The van der Waals surface area contributed by atoms with Crippen molar-refractivity contribution in [2.45, 2.75) is 17.7 Å². The molecule has 0 aliphatic rings. The quantitative estimate of drug-likeness (QED) is 0.569. The topological polar surface area (TPSA) is 72.5 Å². The molecule has 0 saturated carbocycles. The smallest absolute Gasteiger partial charge is 0.261 e. The summed E-state index contributed by atoms with van der Waals surface area (Å²) in [6.07, 6.45) is 0.970. The van der Waals surface area contributed by atoms with Crippen molar-refractivity contribution in [2.75, 3.05) is 18.4 Å². The highest BCUT2D eigenvalue weighted by molar-refractivity contribution is 7.92. The second kappa shape index (κ2) is 8.28. The number of ether oxygens (including phenoxy) is 1. The molecule has 0 unspecified atom stereocenters. The summed E-state index contributed by atoms with van der Waals surface area (Å²) in [6, 6.07) is 12.3. The van der Waals surface area contributed by atoms with Gasteiger partial charge in [-0.2, -0.15) is 0 Å². The van der Waals surface area contributed by atoms with Crippen LogP contribution < -0.4 is 4.72 Å². The van der Waals surface area contributed by atoms with Crippen LogP contribution in [0.2, 0.25) is 5.02 Å². The third kappa shape index (κ3) is 5.06. The van der Waals surface area contributed by atoms with Gasteiger partial charge in [-0.15, -0.1) is 0 Å². The van der Waals surface area contributed by atoms with Crippen LogP contribution in [0.25, 0.3) is 0 Å². The average Bonchev–Trinajstić information content (AvgIpc) is 2.55. The van der Waals surface area contributed by atoms with Gasteiger partial charge in [-0.25, -0.2) is 8.42 Å². The number of carbonyl (C=O) groups is 1. The molecule has 0 bridgehead atoms. The van der Waals surface area contributed by atoms with E-state index in [2.05, 4.69) is 4.72 Å². The summed E-state index contributed by atoms with van der Waals surface area (Å²) in [5, 5.41) is 0.456. The number of hydrogen-bond acceptors (Lipinski definition) is 4. The van der Waals surface area contributed by atoms with E-state index in [-0.39, 0.29) is 10.7 Å². The third-order valence-electron chi connectivity index (χ3n) is 3.31. The minimum Gasteiger partial charge on any atom is -0.385 e.